The number of aromatic nitrogens is 5. The second-order valence-electron chi connectivity index (χ2n) is 7.76. The van der Waals surface area contributed by atoms with Crippen LogP contribution < -0.4 is 4.72 Å². The number of sulfonamides is 1. The van der Waals surface area contributed by atoms with E-state index in [4.69, 9.17) is 0 Å². The van der Waals surface area contributed by atoms with E-state index in [0.29, 0.717) is 22.9 Å². The van der Waals surface area contributed by atoms with Gasteiger partial charge < -0.3 is 0 Å². The minimum Gasteiger partial charge on any atom is -0.280 e. The standard InChI is InChI=1S/C24H20N6O2S/c1-16-12-17(2)14-21(13-16)33(31,32)29-20-7-5-18(6-8-20)22-9-10-23-26-27-24(30(23)28-22)19-4-3-11-25-15-19/h3-15,29H,1-2H3. The predicted molar refractivity (Wildman–Crippen MR) is 126 cm³/mol. The molecule has 33 heavy (non-hydrogen) atoms. The molecular weight excluding hydrogens is 436 g/mol. The van der Waals surface area contributed by atoms with E-state index in [2.05, 4.69) is 25.0 Å². The fourth-order valence-corrected chi connectivity index (χ4v) is 4.88. The van der Waals surface area contributed by atoms with Gasteiger partial charge >= 0.3 is 0 Å². The topological polar surface area (TPSA) is 102 Å². The molecule has 9 heteroatoms. The maximum absolute atomic E-state index is 12.8. The lowest BCUT2D eigenvalue weighted by atomic mass is 10.1. The summed E-state index contributed by atoms with van der Waals surface area (Å²) in [5, 5.41) is 13.1. The van der Waals surface area contributed by atoms with Gasteiger partial charge in [0.1, 0.15) is 0 Å². The van der Waals surface area contributed by atoms with Gasteiger partial charge in [-0.3, -0.25) is 9.71 Å². The highest BCUT2D eigenvalue weighted by Crippen LogP contribution is 2.24. The molecule has 0 saturated carbocycles. The molecule has 0 saturated heterocycles. The normalized spacial score (nSPS) is 11.6. The first-order chi connectivity index (χ1) is 15.9. The first-order valence-corrected chi connectivity index (χ1v) is 11.7. The van der Waals surface area contributed by atoms with Crippen LogP contribution in [0, 0.1) is 13.8 Å². The minimum absolute atomic E-state index is 0.242. The Morgan fingerprint density at radius 3 is 2.30 bits per heavy atom. The van der Waals surface area contributed by atoms with Crippen molar-refractivity contribution >= 4 is 21.4 Å². The number of benzene rings is 2. The van der Waals surface area contributed by atoms with E-state index in [-0.39, 0.29) is 4.90 Å². The summed E-state index contributed by atoms with van der Waals surface area (Å²) in [6, 6.07) is 19.7. The number of anilines is 1. The molecule has 0 fully saturated rings. The number of rotatable bonds is 5. The predicted octanol–water partition coefficient (Wildman–Crippen LogP) is 4.27. The summed E-state index contributed by atoms with van der Waals surface area (Å²) in [6.45, 7) is 3.75. The van der Waals surface area contributed by atoms with Gasteiger partial charge in [0.2, 0.25) is 0 Å². The molecule has 0 aliphatic carbocycles. The molecule has 0 spiro atoms. The Hall–Kier alpha value is -4.11. The minimum atomic E-state index is -3.69. The van der Waals surface area contributed by atoms with Crippen molar-refractivity contribution in [2.75, 3.05) is 4.72 Å². The van der Waals surface area contributed by atoms with Crippen molar-refractivity contribution in [1.29, 1.82) is 0 Å². The molecule has 0 bridgehead atoms. The number of pyridine rings is 1. The zero-order chi connectivity index (χ0) is 23.0. The summed E-state index contributed by atoms with van der Waals surface area (Å²) in [6.07, 6.45) is 3.41. The van der Waals surface area contributed by atoms with E-state index in [1.165, 1.54) is 0 Å². The van der Waals surface area contributed by atoms with E-state index in [1.54, 1.807) is 41.2 Å². The summed E-state index contributed by atoms with van der Waals surface area (Å²) < 4.78 is 29.9. The maximum atomic E-state index is 12.8. The molecule has 5 rings (SSSR count). The van der Waals surface area contributed by atoms with Crippen molar-refractivity contribution in [1.82, 2.24) is 24.8 Å². The van der Waals surface area contributed by atoms with Crippen molar-refractivity contribution in [3.8, 4) is 22.6 Å². The average Bonchev–Trinajstić information content (AvgIpc) is 3.23. The summed E-state index contributed by atoms with van der Waals surface area (Å²) >= 11 is 0. The summed E-state index contributed by atoms with van der Waals surface area (Å²) in [7, 11) is -3.69. The molecular formula is C24H20N6O2S. The van der Waals surface area contributed by atoms with Crippen LogP contribution in [-0.4, -0.2) is 33.2 Å². The fraction of sp³-hybridized carbons (Fsp3) is 0.0833. The molecule has 0 unspecified atom stereocenters. The molecule has 3 aromatic heterocycles. The van der Waals surface area contributed by atoms with Crippen LogP contribution in [0.4, 0.5) is 5.69 Å². The highest BCUT2D eigenvalue weighted by molar-refractivity contribution is 7.92. The summed E-state index contributed by atoms with van der Waals surface area (Å²) in [4.78, 5) is 4.38. The Kier molecular flexibility index (Phi) is 5.10. The lowest BCUT2D eigenvalue weighted by molar-refractivity contribution is 0.601. The quantitative estimate of drug-likeness (QED) is 0.424. The van der Waals surface area contributed by atoms with Crippen LogP contribution in [-0.2, 0) is 10.0 Å². The summed E-state index contributed by atoms with van der Waals surface area (Å²) in [5.74, 6) is 0.595. The van der Waals surface area contributed by atoms with Crippen molar-refractivity contribution in [2.24, 2.45) is 0 Å². The third-order valence-electron chi connectivity index (χ3n) is 5.12. The molecule has 0 amide bonds. The molecule has 2 aromatic carbocycles. The smallest absolute Gasteiger partial charge is 0.261 e. The molecule has 8 nitrogen and oxygen atoms in total. The highest BCUT2D eigenvalue weighted by Gasteiger charge is 2.16. The number of fused-ring (bicyclic) bond motifs is 1. The van der Waals surface area contributed by atoms with Crippen molar-refractivity contribution in [3.05, 3.63) is 90.3 Å². The van der Waals surface area contributed by atoms with Gasteiger partial charge in [0.05, 0.1) is 10.6 Å². The van der Waals surface area contributed by atoms with E-state index < -0.39 is 10.0 Å². The third kappa shape index (κ3) is 4.18. The molecule has 1 N–H and O–H groups in total. The van der Waals surface area contributed by atoms with Gasteiger partial charge in [-0.1, -0.05) is 18.2 Å². The number of aryl methyl sites for hydroxylation is 2. The molecule has 0 aliphatic heterocycles. The van der Waals surface area contributed by atoms with Crippen LogP contribution in [0.15, 0.2) is 84.0 Å². The van der Waals surface area contributed by atoms with E-state index >= 15 is 0 Å². The van der Waals surface area contributed by atoms with Gasteiger partial charge in [-0.05, 0) is 73.5 Å². The van der Waals surface area contributed by atoms with Gasteiger partial charge in [0.25, 0.3) is 10.0 Å². The zero-order valence-electron chi connectivity index (χ0n) is 18.0. The van der Waals surface area contributed by atoms with E-state index in [9.17, 15) is 8.42 Å². The molecule has 0 atom stereocenters. The van der Waals surface area contributed by atoms with E-state index in [1.807, 2.05) is 56.3 Å². The van der Waals surface area contributed by atoms with Crippen molar-refractivity contribution in [2.45, 2.75) is 18.7 Å². The average molecular weight is 457 g/mol. The maximum Gasteiger partial charge on any atom is 0.261 e. The van der Waals surface area contributed by atoms with Gasteiger partial charge in [-0.15, -0.1) is 10.2 Å². The van der Waals surface area contributed by atoms with Gasteiger partial charge in [0.15, 0.2) is 11.5 Å². The lowest BCUT2D eigenvalue weighted by Gasteiger charge is -2.10. The molecule has 0 radical (unpaired) electrons. The number of hydrogen-bond acceptors (Lipinski definition) is 6. The van der Waals surface area contributed by atoms with Crippen molar-refractivity contribution < 1.29 is 8.42 Å². The Bertz CT molecular complexity index is 1540. The SMILES string of the molecule is Cc1cc(C)cc(S(=O)(=O)Nc2ccc(-c3ccc4nnc(-c5cccnc5)n4n3)cc2)c1. The van der Waals surface area contributed by atoms with Gasteiger partial charge in [0, 0.05) is 29.2 Å². The zero-order valence-corrected chi connectivity index (χ0v) is 18.8. The second-order valence-corrected chi connectivity index (χ2v) is 9.44. The summed E-state index contributed by atoms with van der Waals surface area (Å²) in [5.41, 5.74) is 5.23. The van der Waals surface area contributed by atoms with Crippen molar-refractivity contribution in [3.63, 3.8) is 0 Å². The fourth-order valence-electron chi connectivity index (χ4n) is 3.63. The van der Waals surface area contributed by atoms with Gasteiger partial charge in [-0.2, -0.15) is 9.61 Å². The van der Waals surface area contributed by atoms with Crippen LogP contribution in [0.25, 0.3) is 28.3 Å². The second kappa shape index (κ2) is 8.10. The molecule has 3 heterocycles. The number of nitrogens with zero attached hydrogens (tertiary/aromatic N) is 5. The molecule has 0 aliphatic rings. The van der Waals surface area contributed by atoms with Crippen LogP contribution >= 0.6 is 0 Å². The largest absolute Gasteiger partial charge is 0.280 e. The number of nitrogens with one attached hydrogen (secondary N) is 1. The molecule has 164 valence electrons. The first kappa shape index (κ1) is 20.8. The highest BCUT2D eigenvalue weighted by atomic mass is 32.2. The monoisotopic (exact) mass is 456 g/mol. The van der Waals surface area contributed by atoms with E-state index in [0.717, 1.165) is 22.3 Å². The molecule has 5 aromatic rings. The van der Waals surface area contributed by atoms with Crippen LogP contribution in [0.5, 0.6) is 0 Å². The van der Waals surface area contributed by atoms with Gasteiger partial charge in [-0.25, -0.2) is 8.42 Å². The third-order valence-corrected chi connectivity index (χ3v) is 6.48. The Morgan fingerprint density at radius 1 is 0.848 bits per heavy atom. The van der Waals surface area contributed by atoms with Crippen LogP contribution in [0.3, 0.4) is 0 Å². The van der Waals surface area contributed by atoms with Crippen LogP contribution in [0.1, 0.15) is 11.1 Å². The Morgan fingerprint density at radius 2 is 1.61 bits per heavy atom. The lowest BCUT2D eigenvalue weighted by Crippen LogP contribution is -2.13. The number of hydrogen-bond donors (Lipinski definition) is 1. The van der Waals surface area contributed by atoms with Crippen LogP contribution in [0.2, 0.25) is 0 Å². The first-order valence-electron chi connectivity index (χ1n) is 10.2. The Labute approximate surface area is 191 Å². The Balaban J connectivity index is 1.44.